The Morgan fingerprint density at radius 2 is 0.839 bits per heavy atom. The number of para-hydroxylation sites is 1. The number of rotatable bonds is 6. The van der Waals surface area contributed by atoms with Crippen molar-refractivity contribution in [1.29, 1.82) is 0 Å². The highest BCUT2D eigenvalue weighted by atomic mass is 32.1. The van der Waals surface area contributed by atoms with Crippen molar-refractivity contribution < 1.29 is 4.42 Å². The minimum Gasteiger partial charge on any atom is -0.456 e. The molecule has 0 fully saturated rings. The molecule has 56 heavy (non-hydrogen) atoms. The molecule has 0 spiro atoms. The Balaban J connectivity index is 1.05. The zero-order valence-corrected chi connectivity index (χ0v) is 30.9. The topological polar surface area (TPSA) is 51.8 Å². The molecule has 0 unspecified atom stereocenters. The smallest absolute Gasteiger partial charge is 0.164 e. The van der Waals surface area contributed by atoms with Crippen LogP contribution in [-0.2, 0) is 0 Å². The van der Waals surface area contributed by atoms with Gasteiger partial charge < -0.3 is 4.42 Å². The number of fused-ring (bicyclic) bond motifs is 6. The lowest BCUT2D eigenvalue weighted by Crippen LogP contribution is -1.99. The Bertz CT molecular complexity index is 3180. The van der Waals surface area contributed by atoms with E-state index in [9.17, 15) is 0 Å². The quantitative estimate of drug-likeness (QED) is 0.171. The summed E-state index contributed by atoms with van der Waals surface area (Å²) in [6.07, 6.45) is 0. The molecule has 0 amide bonds. The highest BCUT2D eigenvalue weighted by Crippen LogP contribution is 2.43. The van der Waals surface area contributed by atoms with E-state index in [2.05, 4.69) is 121 Å². The van der Waals surface area contributed by atoms with Crippen LogP contribution in [-0.4, -0.2) is 15.0 Å². The van der Waals surface area contributed by atoms with Gasteiger partial charge in [-0.1, -0.05) is 152 Å². The van der Waals surface area contributed by atoms with E-state index in [4.69, 9.17) is 19.4 Å². The average Bonchev–Trinajstić information content (AvgIpc) is 3.84. The molecule has 8 aromatic carbocycles. The lowest BCUT2D eigenvalue weighted by Gasteiger charge is -2.10. The highest BCUT2D eigenvalue weighted by Gasteiger charge is 2.18. The van der Waals surface area contributed by atoms with E-state index in [1.54, 1.807) is 11.3 Å². The van der Waals surface area contributed by atoms with Gasteiger partial charge in [-0.25, -0.2) is 15.0 Å². The first-order chi connectivity index (χ1) is 27.7. The fourth-order valence-electron chi connectivity index (χ4n) is 7.78. The van der Waals surface area contributed by atoms with Gasteiger partial charge in [-0.3, -0.25) is 0 Å². The van der Waals surface area contributed by atoms with E-state index in [1.165, 1.54) is 31.3 Å². The van der Waals surface area contributed by atoms with Crippen LogP contribution in [0.3, 0.4) is 0 Å². The van der Waals surface area contributed by atoms with E-state index in [1.807, 2.05) is 66.7 Å². The maximum atomic E-state index is 6.54. The summed E-state index contributed by atoms with van der Waals surface area (Å²) >= 11 is 1.80. The maximum absolute atomic E-state index is 6.54. The number of hydrogen-bond acceptors (Lipinski definition) is 5. The molecule has 0 atom stereocenters. The van der Waals surface area contributed by atoms with Gasteiger partial charge in [-0.2, -0.15) is 0 Å². The van der Waals surface area contributed by atoms with Crippen LogP contribution in [0.4, 0.5) is 0 Å². The third-order valence-corrected chi connectivity index (χ3v) is 11.6. The highest BCUT2D eigenvalue weighted by molar-refractivity contribution is 7.25. The molecule has 0 aliphatic rings. The summed E-state index contributed by atoms with van der Waals surface area (Å²) in [6.45, 7) is 0. The zero-order chi connectivity index (χ0) is 37.0. The lowest BCUT2D eigenvalue weighted by atomic mass is 9.93. The molecule has 0 N–H and O–H groups in total. The standard InChI is InChI=1S/C51H31N3OS/c1-4-13-32(14-5-1)35-19-12-20-36(27-35)39-28-43(48-42-21-10-11-22-44(42)55-45(48)29-39)37-23-25-40-41-26-24-38(31-47(41)56-46(40)30-37)51-53-49(33-15-6-2-7-16-33)52-50(54-51)34-17-8-3-9-18-34/h1-31H. The van der Waals surface area contributed by atoms with Crippen LogP contribution in [0.1, 0.15) is 0 Å². The number of nitrogens with zero attached hydrogens (tertiary/aromatic N) is 3. The molecule has 0 saturated carbocycles. The number of aromatic nitrogens is 3. The lowest BCUT2D eigenvalue weighted by molar-refractivity contribution is 0.669. The summed E-state index contributed by atoms with van der Waals surface area (Å²) in [7, 11) is 0. The Morgan fingerprint density at radius 1 is 0.321 bits per heavy atom. The van der Waals surface area contributed by atoms with E-state index in [0.717, 1.165) is 60.9 Å². The molecule has 0 bridgehead atoms. The first kappa shape index (κ1) is 32.2. The van der Waals surface area contributed by atoms with Crippen LogP contribution >= 0.6 is 11.3 Å². The maximum Gasteiger partial charge on any atom is 0.164 e. The molecule has 0 saturated heterocycles. The van der Waals surface area contributed by atoms with Gasteiger partial charge in [-0.15, -0.1) is 11.3 Å². The molecule has 11 aromatic rings. The normalized spacial score (nSPS) is 11.6. The molecule has 4 nitrogen and oxygen atoms in total. The Kier molecular flexibility index (Phi) is 7.64. The molecular weight excluding hydrogens is 703 g/mol. The summed E-state index contributed by atoms with van der Waals surface area (Å²) in [5.41, 5.74) is 11.6. The third-order valence-electron chi connectivity index (χ3n) is 10.5. The van der Waals surface area contributed by atoms with E-state index in [-0.39, 0.29) is 0 Å². The molecular formula is C51H31N3OS. The Labute approximate surface area is 327 Å². The van der Waals surface area contributed by atoms with Crippen molar-refractivity contribution in [2.45, 2.75) is 0 Å². The number of hydrogen-bond donors (Lipinski definition) is 0. The van der Waals surface area contributed by atoms with Crippen molar-refractivity contribution in [2.75, 3.05) is 0 Å². The second-order valence-corrected chi connectivity index (χ2v) is 15.1. The first-order valence-corrected chi connectivity index (χ1v) is 19.5. The largest absolute Gasteiger partial charge is 0.456 e. The summed E-state index contributed by atoms with van der Waals surface area (Å²) in [5, 5.41) is 4.69. The summed E-state index contributed by atoms with van der Waals surface area (Å²) < 4.78 is 8.95. The number of furan rings is 1. The van der Waals surface area contributed by atoms with Gasteiger partial charge in [0.05, 0.1) is 0 Å². The summed E-state index contributed by atoms with van der Waals surface area (Å²) in [4.78, 5) is 14.9. The molecule has 3 heterocycles. The second-order valence-electron chi connectivity index (χ2n) is 14.0. The van der Waals surface area contributed by atoms with Gasteiger partial charge in [0, 0.05) is 47.6 Å². The summed E-state index contributed by atoms with van der Waals surface area (Å²) in [6, 6.07) is 65.8. The van der Waals surface area contributed by atoms with Crippen molar-refractivity contribution in [3.8, 4) is 67.5 Å². The van der Waals surface area contributed by atoms with Crippen molar-refractivity contribution in [3.63, 3.8) is 0 Å². The minimum atomic E-state index is 0.653. The van der Waals surface area contributed by atoms with Crippen molar-refractivity contribution >= 4 is 53.4 Å². The molecule has 3 aromatic heterocycles. The fraction of sp³-hybridized carbons (Fsp3) is 0. The van der Waals surface area contributed by atoms with Gasteiger partial charge in [0.25, 0.3) is 0 Å². The van der Waals surface area contributed by atoms with Crippen LogP contribution in [0.25, 0.3) is 110 Å². The van der Waals surface area contributed by atoms with Crippen LogP contribution in [0.15, 0.2) is 192 Å². The van der Waals surface area contributed by atoms with Crippen molar-refractivity contribution in [3.05, 3.63) is 188 Å². The third kappa shape index (κ3) is 5.65. The zero-order valence-electron chi connectivity index (χ0n) is 30.1. The Morgan fingerprint density at radius 3 is 1.50 bits per heavy atom. The minimum absolute atomic E-state index is 0.653. The molecule has 0 aliphatic heterocycles. The van der Waals surface area contributed by atoms with E-state index in [0.29, 0.717) is 17.5 Å². The van der Waals surface area contributed by atoms with Crippen LogP contribution in [0.5, 0.6) is 0 Å². The molecule has 0 radical (unpaired) electrons. The molecule has 11 rings (SSSR count). The van der Waals surface area contributed by atoms with Crippen molar-refractivity contribution in [1.82, 2.24) is 15.0 Å². The number of benzene rings is 8. The molecule has 0 aliphatic carbocycles. The van der Waals surface area contributed by atoms with E-state index < -0.39 is 0 Å². The second kappa shape index (κ2) is 13.3. The van der Waals surface area contributed by atoms with Gasteiger partial charge >= 0.3 is 0 Å². The first-order valence-electron chi connectivity index (χ1n) is 18.7. The molecule has 262 valence electrons. The predicted octanol–water partition coefficient (Wildman–Crippen LogP) is 14.1. The fourth-order valence-corrected chi connectivity index (χ4v) is 8.96. The van der Waals surface area contributed by atoms with Crippen LogP contribution < -0.4 is 0 Å². The molecule has 5 heteroatoms. The SMILES string of the molecule is c1ccc(-c2cccc(-c3cc(-c4ccc5c(c4)sc4cc(-c6nc(-c7ccccc7)nc(-c7ccccc7)n6)ccc45)c4c(c3)oc3ccccc34)c2)cc1. The van der Waals surface area contributed by atoms with Gasteiger partial charge in [0.15, 0.2) is 17.5 Å². The van der Waals surface area contributed by atoms with Crippen molar-refractivity contribution in [2.24, 2.45) is 0 Å². The average molecular weight is 734 g/mol. The van der Waals surface area contributed by atoms with E-state index >= 15 is 0 Å². The van der Waals surface area contributed by atoms with Gasteiger partial charge in [0.1, 0.15) is 11.2 Å². The predicted molar refractivity (Wildman–Crippen MR) is 233 cm³/mol. The van der Waals surface area contributed by atoms with Crippen LogP contribution in [0, 0.1) is 0 Å². The Hall–Kier alpha value is -7.21. The number of thiophene rings is 1. The van der Waals surface area contributed by atoms with Crippen LogP contribution in [0.2, 0.25) is 0 Å². The monoisotopic (exact) mass is 733 g/mol. The van der Waals surface area contributed by atoms with Gasteiger partial charge in [-0.05, 0) is 69.8 Å². The van der Waals surface area contributed by atoms with Gasteiger partial charge in [0.2, 0.25) is 0 Å². The summed E-state index contributed by atoms with van der Waals surface area (Å²) in [5.74, 6) is 1.96.